The first-order valence-electron chi connectivity index (χ1n) is 11.6. The number of nitrogens with one attached hydrogen (secondary N) is 5. The number of sulfonamides is 1. The molecule has 5 unspecified atom stereocenters. The highest BCUT2D eigenvalue weighted by atomic mass is 35.5. The minimum absolute atomic E-state index is 0.0231. The van der Waals surface area contributed by atoms with E-state index in [0.717, 1.165) is 13.2 Å². The molecule has 1 heterocycles. The van der Waals surface area contributed by atoms with Crippen LogP contribution in [0.5, 0.6) is 0 Å². The molecule has 0 bridgehead atoms. The number of carbonyl (C=O) groups excluding carboxylic acids is 2. The van der Waals surface area contributed by atoms with Gasteiger partial charge in [-0.05, 0) is 57.4 Å². The molecule has 190 valence electrons. The second kappa shape index (κ2) is 11.5. The van der Waals surface area contributed by atoms with Gasteiger partial charge in [-0.15, -0.1) is 16.4 Å². The lowest BCUT2D eigenvalue weighted by Gasteiger charge is -2.37. The Morgan fingerprint density at radius 3 is 2.48 bits per heavy atom. The molecule has 2 saturated carbocycles. The fraction of sp³-hybridized carbons (Fsp3) is 0.900. The number of alkyl halides is 2. The van der Waals surface area contributed by atoms with Crippen molar-refractivity contribution < 1.29 is 22.4 Å². The maximum Gasteiger partial charge on any atom is 0.314 e. The third-order valence-corrected chi connectivity index (χ3v) is 8.79. The molecule has 10 nitrogen and oxygen atoms in total. The smallest absolute Gasteiger partial charge is 0.314 e. The summed E-state index contributed by atoms with van der Waals surface area (Å²) < 4.78 is 39.8. The Balaban J connectivity index is 1.47. The molecule has 2 aliphatic carbocycles. The average Bonchev–Trinajstić information content (AvgIpc) is 3.21. The zero-order valence-corrected chi connectivity index (χ0v) is 20.7. The third kappa shape index (κ3) is 7.38. The summed E-state index contributed by atoms with van der Waals surface area (Å²) in [6.45, 7) is 1.53. The molecule has 0 aromatic rings. The highest BCUT2D eigenvalue weighted by Gasteiger charge is 2.44. The molecular formula is C20H36ClFN6O4S. The predicted molar refractivity (Wildman–Crippen MR) is 124 cm³/mol. The van der Waals surface area contributed by atoms with Gasteiger partial charge in [-0.1, -0.05) is 0 Å². The van der Waals surface area contributed by atoms with Gasteiger partial charge >= 0.3 is 6.03 Å². The molecular weight excluding hydrogens is 475 g/mol. The Kier molecular flexibility index (Phi) is 9.18. The van der Waals surface area contributed by atoms with E-state index in [0.29, 0.717) is 38.5 Å². The van der Waals surface area contributed by atoms with Gasteiger partial charge in [-0.3, -0.25) is 20.4 Å². The van der Waals surface area contributed by atoms with Gasteiger partial charge in [0.1, 0.15) is 6.17 Å². The van der Waals surface area contributed by atoms with Crippen molar-refractivity contribution in [3.63, 3.8) is 0 Å². The lowest BCUT2D eigenvalue weighted by Crippen LogP contribution is -2.52. The summed E-state index contributed by atoms with van der Waals surface area (Å²) in [6.07, 6.45) is 1.93. The fourth-order valence-electron chi connectivity index (χ4n) is 5.16. The summed E-state index contributed by atoms with van der Waals surface area (Å²) >= 11 is 6.22. The maximum absolute atomic E-state index is 14.7. The molecule has 13 heteroatoms. The van der Waals surface area contributed by atoms with Crippen LogP contribution < -0.4 is 26.2 Å². The summed E-state index contributed by atoms with van der Waals surface area (Å²) in [5, 5.41) is 7.92. The number of amides is 3. The summed E-state index contributed by atoms with van der Waals surface area (Å²) in [5.41, 5.74) is 2.22. The van der Waals surface area contributed by atoms with Crippen LogP contribution in [0.1, 0.15) is 38.5 Å². The molecule has 3 amide bonds. The van der Waals surface area contributed by atoms with E-state index in [4.69, 9.17) is 11.6 Å². The zero-order valence-electron chi connectivity index (χ0n) is 19.1. The number of halogens is 2. The van der Waals surface area contributed by atoms with Crippen molar-refractivity contribution in [3.8, 4) is 0 Å². The SMILES string of the molecule is CNC(=O)NC1CCC(CS(=O)(=O)NNC(=O)C2CC(C3CN(C)CN3)CC(Cl)C2F)CC1. The number of likely N-dealkylation sites (N-methyl/N-ethyl adjacent to an activating group) is 1. The van der Waals surface area contributed by atoms with Crippen LogP contribution in [0, 0.1) is 17.8 Å². The molecule has 0 aromatic heterocycles. The van der Waals surface area contributed by atoms with Gasteiger partial charge in [0.2, 0.25) is 15.9 Å². The van der Waals surface area contributed by atoms with Gasteiger partial charge in [0, 0.05) is 32.3 Å². The van der Waals surface area contributed by atoms with Crippen molar-refractivity contribution in [1.29, 1.82) is 0 Å². The molecule has 3 rings (SSSR count). The largest absolute Gasteiger partial charge is 0.341 e. The van der Waals surface area contributed by atoms with E-state index in [9.17, 15) is 22.4 Å². The van der Waals surface area contributed by atoms with E-state index in [1.807, 2.05) is 7.05 Å². The molecule has 33 heavy (non-hydrogen) atoms. The van der Waals surface area contributed by atoms with Gasteiger partial charge in [0.05, 0.1) is 17.0 Å². The van der Waals surface area contributed by atoms with Crippen LogP contribution in [0.2, 0.25) is 0 Å². The number of hydrazine groups is 1. The number of carbonyl (C=O) groups is 2. The minimum atomic E-state index is -3.78. The van der Waals surface area contributed by atoms with Crippen molar-refractivity contribution in [2.24, 2.45) is 17.8 Å². The van der Waals surface area contributed by atoms with E-state index in [1.165, 1.54) is 0 Å². The Morgan fingerprint density at radius 2 is 1.88 bits per heavy atom. The van der Waals surface area contributed by atoms with Crippen LogP contribution >= 0.6 is 11.6 Å². The number of nitrogens with zero attached hydrogens (tertiary/aromatic N) is 1. The number of rotatable bonds is 7. The molecule has 1 saturated heterocycles. The van der Waals surface area contributed by atoms with Crippen LogP contribution in [0.3, 0.4) is 0 Å². The number of hydrogen-bond donors (Lipinski definition) is 5. The Morgan fingerprint density at radius 1 is 1.18 bits per heavy atom. The molecule has 1 aliphatic heterocycles. The van der Waals surface area contributed by atoms with Crippen molar-refractivity contribution >= 4 is 33.6 Å². The van der Waals surface area contributed by atoms with Crippen LogP contribution in [-0.2, 0) is 14.8 Å². The highest BCUT2D eigenvalue weighted by molar-refractivity contribution is 7.89. The first-order chi connectivity index (χ1) is 15.6. The van der Waals surface area contributed by atoms with E-state index >= 15 is 0 Å². The van der Waals surface area contributed by atoms with Gasteiger partial charge in [0.25, 0.3) is 0 Å². The summed E-state index contributed by atoms with van der Waals surface area (Å²) in [4.78, 5) is 28.3. The van der Waals surface area contributed by atoms with Crippen molar-refractivity contribution in [3.05, 3.63) is 0 Å². The molecule has 5 N–H and O–H groups in total. The molecule has 0 radical (unpaired) electrons. The Hall–Kier alpha value is -1.21. The Labute approximate surface area is 200 Å². The summed E-state index contributed by atoms with van der Waals surface area (Å²) in [6, 6.07) is -0.0970. The highest BCUT2D eigenvalue weighted by Crippen LogP contribution is 2.37. The van der Waals surface area contributed by atoms with E-state index < -0.39 is 33.4 Å². The number of urea groups is 1. The molecule has 5 atom stereocenters. The van der Waals surface area contributed by atoms with Crippen LogP contribution in [0.4, 0.5) is 9.18 Å². The van der Waals surface area contributed by atoms with Crippen molar-refractivity contribution in [2.75, 3.05) is 33.1 Å². The second-order valence-electron chi connectivity index (χ2n) is 9.62. The zero-order chi connectivity index (χ0) is 24.2. The van der Waals surface area contributed by atoms with Crippen molar-refractivity contribution in [1.82, 2.24) is 31.1 Å². The second-order valence-corrected chi connectivity index (χ2v) is 11.9. The minimum Gasteiger partial charge on any atom is -0.341 e. The van der Waals surface area contributed by atoms with Crippen LogP contribution in [0.25, 0.3) is 0 Å². The van der Waals surface area contributed by atoms with Gasteiger partial charge in [0.15, 0.2) is 0 Å². The maximum atomic E-state index is 14.7. The quantitative estimate of drug-likeness (QED) is 0.246. The molecule has 0 spiro atoms. The third-order valence-electron chi connectivity index (χ3n) is 7.05. The molecule has 3 aliphatic rings. The first-order valence-corrected chi connectivity index (χ1v) is 13.6. The first kappa shape index (κ1) is 26.4. The van der Waals surface area contributed by atoms with E-state index in [1.54, 1.807) is 7.05 Å². The lowest BCUT2D eigenvalue weighted by molar-refractivity contribution is -0.129. The monoisotopic (exact) mass is 510 g/mol. The number of hydrogen-bond acceptors (Lipinski definition) is 6. The molecule has 3 fully saturated rings. The van der Waals surface area contributed by atoms with Gasteiger partial charge in [-0.25, -0.2) is 17.6 Å². The molecule has 0 aromatic carbocycles. The van der Waals surface area contributed by atoms with Gasteiger partial charge in [-0.2, -0.15) is 0 Å². The average molecular weight is 511 g/mol. The predicted octanol–water partition coefficient (Wildman–Crippen LogP) is 0.258. The normalized spacial score (nSPS) is 35.7. The topological polar surface area (TPSA) is 132 Å². The lowest BCUT2D eigenvalue weighted by atomic mass is 9.76. The van der Waals surface area contributed by atoms with E-state index in [2.05, 4.69) is 31.1 Å². The standard InChI is InChI=1S/C20H36ClFN6O4S/c1-23-20(30)25-14-5-3-12(4-6-14)10-33(31,32)27-26-19(29)15-7-13(8-16(21)18(15)22)17-9-28(2)11-24-17/h12-18,24,27H,3-11H2,1-2H3,(H,26,29)(H2,23,25,30). The van der Waals surface area contributed by atoms with E-state index in [-0.39, 0.29) is 35.7 Å². The Bertz CT molecular complexity index is 797. The fourth-order valence-corrected chi connectivity index (χ4v) is 6.86. The van der Waals surface area contributed by atoms with Crippen LogP contribution in [0.15, 0.2) is 0 Å². The van der Waals surface area contributed by atoms with Gasteiger partial charge < -0.3 is 10.6 Å². The van der Waals surface area contributed by atoms with Crippen molar-refractivity contribution in [2.45, 2.75) is 62.2 Å². The van der Waals surface area contributed by atoms with Crippen LogP contribution in [-0.4, -0.2) is 82.0 Å². The summed E-state index contributed by atoms with van der Waals surface area (Å²) in [7, 11) is -0.256. The summed E-state index contributed by atoms with van der Waals surface area (Å²) in [5.74, 6) is -1.87.